The third kappa shape index (κ3) is 3.30. The van der Waals surface area contributed by atoms with Gasteiger partial charge in [-0.05, 0) is 36.6 Å². The zero-order valence-electron chi connectivity index (χ0n) is 17.0. The SMILES string of the molecule is CCc1nc2c(C)cc(C)nc2n1Cc1ccc(-c2c(C#N)cn(C)c2Cl)cc1. The fourth-order valence-electron chi connectivity index (χ4n) is 3.81. The lowest BCUT2D eigenvalue weighted by molar-refractivity contribution is 0.745. The zero-order chi connectivity index (χ0) is 20.7. The molecule has 0 spiro atoms. The fraction of sp³-hybridized carbons (Fsp3) is 0.261. The number of nitrogens with zero attached hydrogens (tertiary/aromatic N) is 5. The number of rotatable bonds is 4. The number of aromatic nitrogens is 4. The maximum atomic E-state index is 9.41. The van der Waals surface area contributed by atoms with Gasteiger partial charge in [0.05, 0.1) is 12.1 Å². The third-order valence-corrected chi connectivity index (χ3v) is 5.68. The van der Waals surface area contributed by atoms with Crippen molar-refractivity contribution in [3.05, 3.63) is 69.9 Å². The van der Waals surface area contributed by atoms with Crippen LogP contribution in [0.1, 0.15) is 35.1 Å². The van der Waals surface area contributed by atoms with Gasteiger partial charge in [-0.15, -0.1) is 0 Å². The van der Waals surface area contributed by atoms with Crippen molar-refractivity contribution in [1.29, 1.82) is 5.26 Å². The van der Waals surface area contributed by atoms with Gasteiger partial charge in [-0.3, -0.25) is 0 Å². The summed E-state index contributed by atoms with van der Waals surface area (Å²) in [4.78, 5) is 9.56. The minimum absolute atomic E-state index is 0.568. The monoisotopic (exact) mass is 403 g/mol. The van der Waals surface area contributed by atoms with E-state index in [0.29, 0.717) is 17.3 Å². The highest BCUT2D eigenvalue weighted by Crippen LogP contribution is 2.32. The van der Waals surface area contributed by atoms with Crippen LogP contribution in [0, 0.1) is 25.2 Å². The first-order valence-corrected chi connectivity index (χ1v) is 9.98. The molecule has 0 aliphatic carbocycles. The highest BCUT2D eigenvalue weighted by atomic mass is 35.5. The van der Waals surface area contributed by atoms with E-state index in [1.165, 1.54) is 0 Å². The van der Waals surface area contributed by atoms with Crippen LogP contribution in [0.3, 0.4) is 0 Å². The summed E-state index contributed by atoms with van der Waals surface area (Å²) < 4.78 is 3.96. The molecule has 0 aliphatic heterocycles. The first-order chi connectivity index (χ1) is 13.9. The van der Waals surface area contributed by atoms with Gasteiger partial charge in [-0.1, -0.05) is 42.8 Å². The van der Waals surface area contributed by atoms with Crippen LogP contribution in [0.2, 0.25) is 5.15 Å². The molecule has 0 aliphatic rings. The Morgan fingerprint density at radius 1 is 1.14 bits per heavy atom. The number of hydrogen-bond donors (Lipinski definition) is 0. The predicted octanol–water partition coefficient (Wildman–Crippen LogP) is 5.19. The molecule has 3 heterocycles. The van der Waals surface area contributed by atoms with E-state index in [1.54, 1.807) is 10.8 Å². The summed E-state index contributed by atoms with van der Waals surface area (Å²) in [6.07, 6.45) is 2.60. The first-order valence-electron chi connectivity index (χ1n) is 9.60. The summed E-state index contributed by atoms with van der Waals surface area (Å²) in [7, 11) is 1.84. The van der Waals surface area contributed by atoms with Crippen molar-refractivity contribution in [2.24, 2.45) is 7.05 Å². The topological polar surface area (TPSA) is 59.4 Å². The number of benzene rings is 1. The maximum Gasteiger partial charge on any atom is 0.160 e. The van der Waals surface area contributed by atoms with E-state index in [-0.39, 0.29) is 0 Å². The molecule has 146 valence electrons. The molecule has 0 atom stereocenters. The van der Waals surface area contributed by atoms with E-state index in [2.05, 4.69) is 42.7 Å². The van der Waals surface area contributed by atoms with E-state index in [0.717, 1.165) is 51.4 Å². The van der Waals surface area contributed by atoms with Crippen LogP contribution in [0.15, 0.2) is 36.5 Å². The smallest absolute Gasteiger partial charge is 0.160 e. The van der Waals surface area contributed by atoms with Crippen molar-refractivity contribution in [3.63, 3.8) is 0 Å². The summed E-state index contributed by atoms with van der Waals surface area (Å²) in [5.74, 6) is 1.03. The Morgan fingerprint density at radius 3 is 2.52 bits per heavy atom. The summed E-state index contributed by atoms with van der Waals surface area (Å²) in [6, 6.07) is 12.5. The Hall–Kier alpha value is -3.10. The normalized spacial score (nSPS) is 11.2. The molecule has 0 N–H and O–H groups in total. The lowest BCUT2D eigenvalue weighted by Crippen LogP contribution is -2.05. The van der Waals surface area contributed by atoms with Crippen molar-refractivity contribution in [2.75, 3.05) is 0 Å². The number of fused-ring (bicyclic) bond motifs is 1. The van der Waals surface area contributed by atoms with Crippen LogP contribution in [0.4, 0.5) is 0 Å². The molecule has 0 fully saturated rings. The molecule has 1 aromatic carbocycles. The van der Waals surface area contributed by atoms with E-state index in [4.69, 9.17) is 21.6 Å². The van der Waals surface area contributed by atoms with Crippen LogP contribution in [0.25, 0.3) is 22.3 Å². The molecule has 4 aromatic rings. The molecule has 29 heavy (non-hydrogen) atoms. The molecule has 0 saturated heterocycles. The summed E-state index contributed by atoms with van der Waals surface area (Å²) in [5, 5.41) is 9.98. The average molecular weight is 404 g/mol. The predicted molar refractivity (Wildman–Crippen MR) is 116 cm³/mol. The van der Waals surface area contributed by atoms with E-state index in [1.807, 2.05) is 26.1 Å². The molecule has 3 aromatic heterocycles. The minimum Gasteiger partial charge on any atom is -0.340 e. The van der Waals surface area contributed by atoms with Crippen LogP contribution < -0.4 is 0 Å². The van der Waals surface area contributed by atoms with Crippen molar-refractivity contribution >= 4 is 22.8 Å². The lowest BCUT2D eigenvalue weighted by Gasteiger charge is -2.10. The van der Waals surface area contributed by atoms with Gasteiger partial charge in [0.15, 0.2) is 5.65 Å². The molecule has 0 unspecified atom stereocenters. The lowest BCUT2D eigenvalue weighted by atomic mass is 10.0. The van der Waals surface area contributed by atoms with Gasteiger partial charge in [-0.2, -0.15) is 5.26 Å². The Bertz CT molecular complexity index is 1260. The number of halogens is 1. The molecular weight excluding hydrogens is 382 g/mol. The van der Waals surface area contributed by atoms with Crippen LogP contribution in [-0.4, -0.2) is 19.1 Å². The summed E-state index contributed by atoms with van der Waals surface area (Å²) >= 11 is 6.41. The van der Waals surface area contributed by atoms with Gasteiger partial charge in [-0.25, -0.2) is 9.97 Å². The van der Waals surface area contributed by atoms with Gasteiger partial charge >= 0.3 is 0 Å². The quantitative estimate of drug-likeness (QED) is 0.471. The Kier molecular flexibility index (Phi) is 4.89. The van der Waals surface area contributed by atoms with Crippen LogP contribution in [0.5, 0.6) is 0 Å². The molecule has 5 nitrogen and oxygen atoms in total. The fourth-order valence-corrected chi connectivity index (χ4v) is 4.07. The van der Waals surface area contributed by atoms with Gasteiger partial charge in [0.1, 0.15) is 22.6 Å². The zero-order valence-corrected chi connectivity index (χ0v) is 17.7. The van der Waals surface area contributed by atoms with Crippen molar-refractivity contribution in [1.82, 2.24) is 19.1 Å². The molecule has 0 saturated carbocycles. The summed E-state index contributed by atoms with van der Waals surface area (Å²) in [6.45, 7) is 6.91. The van der Waals surface area contributed by atoms with Crippen molar-refractivity contribution in [3.8, 4) is 17.2 Å². The van der Waals surface area contributed by atoms with Gasteiger partial charge in [0.2, 0.25) is 0 Å². The number of aryl methyl sites for hydroxylation is 4. The number of nitriles is 1. The van der Waals surface area contributed by atoms with Gasteiger partial charge < -0.3 is 9.13 Å². The van der Waals surface area contributed by atoms with E-state index >= 15 is 0 Å². The van der Waals surface area contributed by atoms with Gasteiger partial charge in [0.25, 0.3) is 0 Å². The molecule has 0 radical (unpaired) electrons. The minimum atomic E-state index is 0.568. The van der Waals surface area contributed by atoms with E-state index < -0.39 is 0 Å². The van der Waals surface area contributed by atoms with Crippen LogP contribution in [-0.2, 0) is 20.0 Å². The largest absolute Gasteiger partial charge is 0.340 e. The first kappa shape index (κ1) is 19.2. The molecule has 0 amide bonds. The summed E-state index contributed by atoms with van der Waals surface area (Å²) in [5.41, 5.74) is 7.49. The third-order valence-electron chi connectivity index (χ3n) is 5.23. The molecule has 0 bridgehead atoms. The van der Waals surface area contributed by atoms with Crippen molar-refractivity contribution in [2.45, 2.75) is 33.7 Å². The van der Waals surface area contributed by atoms with Gasteiger partial charge in [0, 0.05) is 30.9 Å². The second-order valence-electron chi connectivity index (χ2n) is 7.35. The Morgan fingerprint density at radius 2 is 1.86 bits per heavy atom. The van der Waals surface area contributed by atoms with Crippen LogP contribution >= 0.6 is 11.6 Å². The average Bonchev–Trinajstić information content (AvgIpc) is 3.20. The Balaban J connectivity index is 1.73. The van der Waals surface area contributed by atoms with E-state index in [9.17, 15) is 5.26 Å². The molecule has 6 heteroatoms. The highest BCUT2D eigenvalue weighted by Gasteiger charge is 2.16. The molecular formula is C23H22ClN5. The highest BCUT2D eigenvalue weighted by molar-refractivity contribution is 6.32. The molecule has 4 rings (SSSR count). The maximum absolute atomic E-state index is 9.41. The second-order valence-corrected chi connectivity index (χ2v) is 7.71. The number of hydrogen-bond acceptors (Lipinski definition) is 3. The standard InChI is InChI=1S/C23H22ClN5/c1-5-19-27-21-14(2)10-15(3)26-23(21)29(19)12-16-6-8-17(9-7-16)20-18(11-25)13-28(4)22(20)24/h6-10,13H,5,12H2,1-4H3. The van der Waals surface area contributed by atoms with Crippen molar-refractivity contribution < 1.29 is 0 Å². The Labute approximate surface area is 175 Å². The number of imidazole rings is 1. The second kappa shape index (κ2) is 7.38. The number of pyridine rings is 1.